The summed E-state index contributed by atoms with van der Waals surface area (Å²) in [5.74, 6) is 1.00. The van der Waals surface area contributed by atoms with Gasteiger partial charge in [0.1, 0.15) is 0 Å². The van der Waals surface area contributed by atoms with Crippen LogP contribution in [0.2, 0.25) is 0 Å². The van der Waals surface area contributed by atoms with Crippen molar-refractivity contribution in [3.63, 3.8) is 0 Å². The van der Waals surface area contributed by atoms with Gasteiger partial charge in [0.2, 0.25) is 0 Å². The molecule has 4 aliphatic heterocycles. The number of fused-ring (bicyclic) bond motifs is 3. The number of nitrogens with zero attached hydrogens (tertiary/aromatic N) is 5. The predicted octanol–water partition coefficient (Wildman–Crippen LogP) is 0.527. The van der Waals surface area contributed by atoms with E-state index in [1.165, 1.54) is 33.3 Å². The van der Waals surface area contributed by atoms with Gasteiger partial charge in [0.05, 0.1) is 7.11 Å². The summed E-state index contributed by atoms with van der Waals surface area (Å²) >= 11 is 0. The Balaban J connectivity index is 1.24. The molecule has 1 N–H and O–H groups in total. The summed E-state index contributed by atoms with van der Waals surface area (Å²) in [6.07, 6.45) is 0. The highest BCUT2D eigenvalue weighted by atomic mass is 19.1. The third kappa shape index (κ3) is 4.82. The molecule has 1 unspecified atom stereocenters. The van der Waals surface area contributed by atoms with Gasteiger partial charge < -0.3 is 15.0 Å². The summed E-state index contributed by atoms with van der Waals surface area (Å²) in [6.45, 7) is 11.4. The Bertz CT molecular complexity index is 713. The second-order valence-corrected chi connectivity index (χ2v) is 8.15. The van der Waals surface area contributed by atoms with Gasteiger partial charge in [-0.1, -0.05) is 6.07 Å². The van der Waals surface area contributed by atoms with Gasteiger partial charge >= 0.3 is 0 Å². The van der Waals surface area contributed by atoms with Crippen molar-refractivity contribution < 1.29 is 9.13 Å². The Morgan fingerprint density at radius 2 is 1.90 bits per heavy atom. The van der Waals surface area contributed by atoms with E-state index in [9.17, 15) is 4.39 Å². The summed E-state index contributed by atoms with van der Waals surface area (Å²) < 4.78 is 18.9. The molecule has 0 amide bonds. The number of piperazine rings is 4. The SMILES string of the molecule is CN=C(NCC1CN2CCN1CC2)N1CCN(Cc2ccc(OC)c(F)c2)CC1. The first-order valence-electron chi connectivity index (χ1n) is 10.6. The number of rotatable bonds is 5. The molecule has 1 atom stereocenters. The van der Waals surface area contributed by atoms with Crippen molar-refractivity contribution in [3.05, 3.63) is 29.6 Å². The first kappa shape index (κ1) is 20.4. The van der Waals surface area contributed by atoms with E-state index < -0.39 is 0 Å². The number of benzene rings is 1. The molecule has 1 aromatic rings. The van der Waals surface area contributed by atoms with E-state index >= 15 is 0 Å². The minimum atomic E-state index is -0.295. The van der Waals surface area contributed by atoms with Crippen molar-refractivity contribution in [2.24, 2.45) is 4.99 Å². The van der Waals surface area contributed by atoms with Gasteiger partial charge in [0.25, 0.3) is 0 Å². The van der Waals surface area contributed by atoms with Gasteiger partial charge in [0.15, 0.2) is 17.5 Å². The van der Waals surface area contributed by atoms with Crippen molar-refractivity contribution in [1.82, 2.24) is 24.9 Å². The van der Waals surface area contributed by atoms with Crippen molar-refractivity contribution in [2.75, 3.05) is 79.6 Å². The van der Waals surface area contributed by atoms with E-state index in [0.717, 1.165) is 57.3 Å². The normalized spacial score (nSPS) is 27.9. The van der Waals surface area contributed by atoms with Crippen LogP contribution < -0.4 is 10.1 Å². The van der Waals surface area contributed by atoms with Gasteiger partial charge in [-0.3, -0.25) is 19.7 Å². The Hall–Kier alpha value is -1.90. The van der Waals surface area contributed by atoms with Crippen LogP contribution in [0.25, 0.3) is 0 Å². The average Bonchev–Trinajstić information content (AvgIpc) is 2.76. The smallest absolute Gasteiger partial charge is 0.193 e. The number of aliphatic imine (C=N–C) groups is 1. The molecular formula is C21H33FN6O. The Morgan fingerprint density at radius 1 is 1.14 bits per heavy atom. The zero-order valence-corrected chi connectivity index (χ0v) is 17.6. The van der Waals surface area contributed by atoms with Crippen LogP contribution in [0.5, 0.6) is 5.75 Å². The van der Waals surface area contributed by atoms with Crippen molar-refractivity contribution in [3.8, 4) is 5.75 Å². The fourth-order valence-corrected chi connectivity index (χ4v) is 4.64. The van der Waals surface area contributed by atoms with Crippen molar-refractivity contribution >= 4 is 5.96 Å². The van der Waals surface area contributed by atoms with Gasteiger partial charge in [-0.15, -0.1) is 0 Å². The zero-order valence-electron chi connectivity index (χ0n) is 17.6. The third-order valence-electron chi connectivity index (χ3n) is 6.39. The zero-order chi connectivity index (χ0) is 20.2. The highest BCUT2D eigenvalue weighted by molar-refractivity contribution is 5.80. The molecule has 0 aromatic heterocycles. The van der Waals surface area contributed by atoms with Crippen LogP contribution in [0.4, 0.5) is 4.39 Å². The number of hydrogen-bond donors (Lipinski definition) is 1. The Morgan fingerprint density at radius 3 is 2.48 bits per heavy atom. The lowest BCUT2D eigenvalue weighted by atomic mass is 10.1. The maximum absolute atomic E-state index is 13.9. The van der Waals surface area contributed by atoms with Crippen LogP contribution in [-0.2, 0) is 6.54 Å². The minimum absolute atomic E-state index is 0.295. The van der Waals surface area contributed by atoms with E-state index in [1.807, 2.05) is 13.1 Å². The summed E-state index contributed by atoms with van der Waals surface area (Å²) in [4.78, 5) is 14.4. The molecule has 2 bridgehead atoms. The molecule has 4 heterocycles. The molecule has 8 heteroatoms. The van der Waals surface area contributed by atoms with Crippen LogP contribution >= 0.6 is 0 Å². The maximum atomic E-state index is 13.9. The molecule has 0 saturated carbocycles. The topological polar surface area (TPSA) is 46.6 Å². The molecule has 0 aliphatic carbocycles. The third-order valence-corrected chi connectivity index (χ3v) is 6.39. The monoisotopic (exact) mass is 404 g/mol. The predicted molar refractivity (Wildman–Crippen MR) is 113 cm³/mol. The molecule has 0 spiro atoms. The molecule has 5 rings (SSSR count). The second-order valence-electron chi connectivity index (χ2n) is 8.15. The summed E-state index contributed by atoms with van der Waals surface area (Å²) in [6, 6.07) is 5.81. The van der Waals surface area contributed by atoms with Crippen molar-refractivity contribution in [1.29, 1.82) is 0 Å². The van der Waals surface area contributed by atoms with Gasteiger partial charge in [-0.25, -0.2) is 4.39 Å². The van der Waals surface area contributed by atoms with Crippen LogP contribution in [0.3, 0.4) is 0 Å². The fourth-order valence-electron chi connectivity index (χ4n) is 4.64. The lowest BCUT2D eigenvalue weighted by Gasteiger charge is -2.47. The molecule has 4 saturated heterocycles. The summed E-state index contributed by atoms with van der Waals surface area (Å²) in [5, 5.41) is 3.60. The standard InChI is InChI=1S/C21H33FN6O/c1-23-21(24-14-18-16-26-5-9-27(18)10-6-26)28-11-7-25(8-12-28)15-17-3-4-20(29-2)19(22)13-17/h3-4,13,18H,5-12,14-16H2,1-2H3,(H,23,24). The molecule has 4 fully saturated rings. The fraction of sp³-hybridized carbons (Fsp3) is 0.667. The van der Waals surface area contributed by atoms with Gasteiger partial charge in [0, 0.05) is 85.1 Å². The summed E-state index contributed by atoms with van der Waals surface area (Å²) in [5.41, 5.74) is 0.982. The number of ether oxygens (including phenoxy) is 1. The molecule has 29 heavy (non-hydrogen) atoms. The van der Waals surface area contributed by atoms with Gasteiger partial charge in [-0.2, -0.15) is 0 Å². The Labute approximate surface area is 173 Å². The van der Waals surface area contributed by atoms with E-state index in [2.05, 4.69) is 29.9 Å². The van der Waals surface area contributed by atoms with Gasteiger partial charge in [-0.05, 0) is 17.7 Å². The largest absolute Gasteiger partial charge is 0.494 e. The molecule has 1 aromatic carbocycles. The number of methoxy groups -OCH3 is 1. The van der Waals surface area contributed by atoms with E-state index in [1.54, 1.807) is 12.1 Å². The van der Waals surface area contributed by atoms with Crippen LogP contribution in [0.15, 0.2) is 23.2 Å². The molecule has 0 radical (unpaired) electrons. The number of halogens is 1. The second kappa shape index (κ2) is 9.28. The first-order valence-corrected chi connectivity index (χ1v) is 10.6. The highest BCUT2D eigenvalue weighted by Gasteiger charge is 2.32. The minimum Gasteiger partial charge on any atom is -0.494 e. The quantitative estimate of drug-likeness (QED) is 0.571. The van der Waals surface area contributed by atoms with E-state index in [4.69, 9.17) is 4.74 Å². The summed E-state index contributed by atoms with van der Waals surface area (Å²) in [7, 11) is 3.36. The lowest BCUT2D eigenvalue weighted by molar-refractivity contribution is 0.0151. The number of hydrogen-bond acceptors (Lipinski definition) is 5. The molecule has 4 aliphatic rings. The first-order chi connectivity index (χ1) is 14.2. The molecule has 160 valence electrons. The van der Waals surface area contributed by atoms with Crippen LogP contribution in [-0.4, -0.2) is 111 Å². The van der Waals surface area contributed by atoms with Crippen LogP contribution in [0, 0.1) is 5.82 Å². The Kier molecular flexibility index (Phi) is 6.52. The van der Waals surface area contributed by atoms with Crippen molar-refractivity contribution in [2.45, 2.75) is 12.6 Å². The van der Waals surface area contributed by atoms with Crippen LogP contribution in [0.1, 0.15) is 5.56 Å². The maximum Gasteiger partial charge on any atom is 0.193 e. The average molecular weight is 405 g/mol. The highest BCUT2D eigenvalue weighted by Crippen LogP contribution is 2.19. The molecular weight excluding hydrogens is 371 g/mol. The number of guanidine groups is 1. The molecule has 7 nitrogen and oxygen atoms in total. The lowest BCUT2D eigenvalue weighted by Crippen LogP contribution is -2.64. The van der Waals surface area contributed by atoms with E-state index in [-0.39, 0.29) is 5.82 Å². The number of nitrogens with one attached hydrogen (secondary N) is 1. The van der Waals surface area contributed by atoms with E-state index in [0.29, 0.717) is 11.8 Å².